The van der Waals surface area contributed by atoms with Crippen LogP contribution in [-0.2, 0) is 0 Å². The number of nitrogens with one attached hydrogen (secondary N) is 1. The lowest BCUT2D eigenvalue weighted by Crippen LogP contribution is -2.62. The minimum absolute atomic E-state index is 0.0247. The Hall–Kier alpha value is -1.29. The molecule has 1 aromatic heterocycles. The Kier molecular flexibility index (Phi) is 2.76. The van der Waals surface area contributed by atoms with Gasteiger partial charge in [-0.25, -0.2) is 0 Å². The van der Waals surface area contributed by atoms with Gasteiger partial charge in [0.15, 0.2) is 5.76 Å². The molecule has 16 heavy (non-hydrogen) atoms. The fourth-order valence-electron chi connectivity index (χ4n) is 2.00. The van der Waals surface area contributed by atoms with Gasteiger partial charge in [-0.1, -0.05) is 0 Å². The number of hydrogen-bond donors (Lipinski definition) is 1. The first-order valence-electron chi connectivity index (χ1n) is 5.59. The van der Waals surface area contributed by atoms with Crippen LogP contribution in [0.25, 0.3) is 0 Å². The fraction of sp³-hybridized carbons (Fsp3) is 0.583. The van der Waals surface area contributed by atoms with Gasteiger partial charge in [0.1, 0.15) is 0 Å². The van der Waals surface area contributed by atoms with Gasteiger partial charge in [0.2, 0.25) is 0 Å². The van der Waals surface area contributed by atoms with E-state index in [1.165, 1.54) is 6.26 Å². The van der Waals surface area contributed by atoms with E-state index in [0.29, 0.717) is 18.3 Å². The smallest absolute Gasteiger partial charge is 0.290 e. The SMILES string of the molecule is CC1CN(C(=O)c2ccco2)C(C)(C)CN1. The summed E-state index contributed by atoms with van der Waals surface area (Å²) >= 11 is 0. The molecule has 0 aromatic carbocycles. The summed E-state index contributed by atoms with van der Waals surface area (Å²) in [6.07, 6.45) is 1.53. The molecule has 0 radical (unpaired) electrons. The summed E-state index contributed by atoms with van der Waals surface area (Å²) in [5, 5.41) is 3.38. The molecule has 1 aromatic rings. The van der Waals surface area contributed by atoms with E-state index in [1.807, 2.05) is 4.90 Å². The zero-order valence-electron chi connectivity index (χ0n) is 9.99. The van der Waals surface area contributed by atoms with Gasteiger partial charge in [-0.15, -0.1) is 0 Å². The van der Waals surface area contributed by atoms with Gasteiger partial charge in [-0.2, -0.15) is 0 Å². The Balaban J connectivity index is 2.21. The molecule has 0 bridgehead atoms. The van der Waals surface area contributed by atoms with Crippen LogP contribution in [0.3, 0.4) is 0 Å². The van der Waals surface area contributed by atoms with Crippen molar-refractivity contribution in [2.75, 3.05) is 13.1 Å². The van der Waals surface area contributed by atoms with Gasteiger partial charge in [0, 0.05) is 19.1 Å². The number of carbonyl (C=O) groups excluding carboxylic acids is 1. The van der Waals surface area contributed by atoms with Gasteiger partial charge >= 0.3 is 0 Å². The van der Waals surface area contributed by atoms with E-state index in [9.17, 15) is 4.79 Å². The molecule has 1 atom stereocenters. The van der Waals surface area contributed by atoms with Crippen molar-refractivity contribution in [3.05, 3.63) is 24.2 Å². The molecule has 1 aliphatic heterocycles. The van der Waals surface area contributed by atoms with Crippen molar-refractivity contribution >= 4 is 5.91 Å². The second kappa shape index (κ2) is 3.94. The molecule has 1 saturated heterocycles. The van der Waals surface area contributed by atoms with Crippen LogP contribution >= 0.6 is 0 Å². The summed E-state index contributed by atoms with van der Waals surface area (Å²) < 4.78 is 5.17. The molecule has 0 saturated carbocycles. The van der Waals surface area contributed by atoms with Crippen LogP contribution in [0, 0.1) is 0 Å². The maximum absolute atomic E-state index is 12.2. The zero-order valence-corrected chi connectivity index (χ0v) is 9.99. The quantitative estimate of drug-likeness (QED) is 0.783. The Morgan fingerprint density at radius 3 is 3.00 bits per heavy atom. The van der Waals surface area contributed by atoms with Crippen molar-refractivity contribution in [1.82, 2.24) is 10.2 Å². The molecule has 0 spiro atoms. The molecule has 2 rings (SSSR count). The molecule has 1 amide bonds. The van der Waals surface area contributed by atoms with Crippen molar-refractivity contribution in [2.24, 2.45) is 0 Å². The van der Waals surface area contributed by atoms with Crippen LogP contribution in [-0.4, -0.2) is 35.5 Å². The Labute approximate surface area is 95.6 Å². The van der Waals surface area contributed by atoms with Crippen molar-refractivity contribution in [1.29, 1.82) is 0 Å². The molecule has 88 valence electrons. The van der Waals surface area contributed by atoms with Crippen molar-refractivity contribution in [3.63, 3.8) is 0 Å². The predicted octanol–water partition coefficient (Wildman–Crippen LogP) is 1.49. The average molecular weight is 222 g/mol. The molecule has 2 heterocycles. The Bertz CT molecular complexity index is 370. The van der Waals surface area contributed by atoms with Crippen LogP contribution in [0.2, 0.25) is 0 Å². The highest BCUT2D eigenvalue weighted by Gasteiger charge is 2.36. The largest absolute Gasteiger partial charge is 0.459 e. The number of piperazine rings is 1. The average Bonchev–Trinajstić information content (AvgIpc) is 2.74. The van der Waals surface area contributed by atoms with Gasteiger partial charge in [-0.05, 0) is 32.9 Å². The summed E-state index contributed by atoms with van der Waals surface area (Å²) in [5.41, 5.74) is -0.170. The van der Waals surface area contributed by atoms with Gasteiger partial charge < -0.3 is 14.6 Å². The summed E-state index contributed by atoms with van der Waals surface area (Å²) in [7, 11) is 0. The maximum atomic E-state index is 12.2. The number of carbonyl (C=O) groups is 1. The molecular formula is C12H18N2O2. The topological polar surface area (TPSA) is 45.5 Å². The maximum Gasteiger partial charge on any atom is 0.290 e. The van der Waals surface area contributed by atoms with E-state index < -0.39 is 0 Å². The van der Waals surface area contributed by atoms with Crippen LogP contribution in [0.4, 0.5) is 0 Å². The third-order valence-electron chi connectivity index (χ3n) is 3.05. The molecule has 4 heteroatoms. The number of amides is 1. The second-order valence-corrected chi connectivity index (χ2v) is 4.99. The predicted molar refractivity (Wildman–Crippen MR) is 61.3 cm³/mol. The monoisotopic (exact) mass is 222 g/mol. The lowest BCUT2D eigenvalue weighted by Gasteiger charge is -2.45. The first kappa shape index (κ1) is 11.2. The first-order chi connectivity index (χ1) is 7.50. The summed E-state index contributed by atoms with van der Waals surface area (Å²) in [6, 6.07) is 3.78. The molecule has 1 fully saturated rings. The molecule has 1 N–H and O–H groups in total. The zero-order chi connectivity index (χ0) is 11.8. The molecule has 1 aliphatic rings. The van der Waals surface area contributed by atoms with Crippen LogP contribution in [0.15, 0.2) is 22.8 Å². The minimum Gasteiger partial charge on any atom is -0.459 e. The molecule has 0 aliphatic carbocycles. The van der Waals surface area contributed by atoms with E-state index in [0.717, 1.165) is 6.54 Å². The van der Waals surface area contributed by atoms with Gasteiger partial charge in [-0.3, -0.25) is 4.79 Å². The minimum atomic E-state index is -0.170. The molecule has 4 nitrogen and oxygen atoms in total. The lowest BCUT2D eigenvalue weighted by atomic mass is 9.97. The highest BCUT2D eigenvalue weighted by atomic mass is 16.3. The van der Waals surface area contributed by atoms with E-state index in [4.69, 9.17) is 4.42 Å². The fourth-order valence-corrected chi connectivity index (χ4v) is 2.00. The lowest BCUT2D eigenvalue weighted by molar-refractivity contribution is 0.0380. The van der Waals surface area contributed by atoms with Crippen molar-refractivity contribution in [3.8, 4) is 0 Å². The van der Waals surface area contributed by atoms with Crippen molar-refractivity contribution < 1.29 is 9.21 Å². The Morgan fingerprint density at radius 1 is 1.62 bits per heavy atom. The van der Waals surface area contributed by atoms with Crippen LogP contribution < -0.4 is 5.32 Å². The van der Waals surface area contributed by atoms with Crippen LogP contribution in [0.5, 0.6) is 0 Å². The third kappa shape index (κ3) is 1.97. The van der Waals surface area contributed by atoms with E-state index in [-0.39, 0.29) is 11.4 Å². The second-order valence-electron chi connectivity index (χ2n) is 4.99. The van der Waals surface area contributed by atoms with Gasteiger partial charge in [0.05, 0.1) is 11.8 Å². The van der Waals surface area contributed by atoms with E-state index in [2.05, 4.69) is 26.1 Å². The third-order valence-corrected chi connectivity index (χ3v) is 3.05. The van der Waals surface area contributed by atoms with Crippen molar-refractivity contribution in [2.45, 2.75) is 32.4 Å². The molecular weight excluding hydrogens is 204 g/mol. The number of hydrogen-bond acceptors (Lipinski definition) is 3. The highest BCUT2D eigenvalue weighted by Crippen LogP contribution is 2.21. The van der Waals surface area contributed by atoms with Crippen LogP contribution in [0.1, 0.15) is 31.3 Å². The molecule has 1 unspecified atom stereocenters. The van der Waals surface area contributed by atoms with E-state index in [1.54, 1.807) is 12.1 Å². The summed E-state index contributed by atoms with van der Waals surface area (Å²) in [5.74, 6) is 0.394. The summed E-state index contributed by atoms with van der Waals surface area (Å²) in [6.45, 7) is 7.73. The summed E-state index contributed by atoms with van der Waals surface area (Å²) in [4.78, 5) is 14.1. The standard InChI is InChI=1S/C12H18N2O2/c1-9-7-14(12(2,3)8-13-9)11(15)10-5-4-6-16-10/h4-6,9,13H,7-8H2,1-3H3. The number of nitrogens with zero attached hydrogens (tertiary/aromatic N) is 1. The van der Waals surface area contributed by atoms with Gasteiger partial charge in [0.25, 0.3) is 5.91 Å². The normalized spacial score (nSPS) is 24.4. The first-order valence-corrected chi connectivity index (χ1v) is 5.59. The highest BCUT2D eigenvalue weighted by molar-refractivity contribution is 5.92. The van der Waals surface area contributed by atoms with E-state index >= 15 is 0 Å². The Morgan fingerprint density at radius 2 is 2.38 bits per heavy atom. The number of furan rings is 1. The number of rotatable bonds is 1.